The average Bonchev–Trinajstić information content (AvgIpc) is 1.82. The molecule has 1 aromatic rings. The summed E-state index contributed by atoms with van der Waals surface area (Å²) in [5.41, 5.74) is 0.769. The highest BCUT2D eigenvalue weighted by molar-refractivity contribution is 5.15. The van der Waals surface area contributed by atoms with Crippen LogP contribution >= 0.6 is 0 Å². The van der Waals surface area contributed by atoms with E-state index in [9.17, 15) is 9.60 Å². The molecule has 0 bridgehead atoms. The number of aryl methyl sites for hydroxylation is 2. The normalized spacial score (nSPS) is 9.90. The Labute approximate surface area is 58.5 Å². The fourth-order valence-electron chi connectivity index (χ4n) is 0.843. The smallest absolute Gasteiger partial charge is 0.186 e. The van der Waals surface area contributed by atoms with Crippen LogP contribution in [0.1, 0.15) is 11.1 Å². The fourth-order valence-corrected chi connectivity index (χ4v) is 0.843. The molecule has 0 spiro atoms. The molecular formula is C7H8FNO. The van der Waals surface area contributed by atoms with Crippen molar-refractivity contribution < 1.29 is 9.12 Å². The van der Waals surface area contributed by atoms with Crippen molar-refractivity contribution in [2.45, 2.75) is 13.8 Å². The van der Waals surface area contributed by atoms with Crippen molar-refractivity contribution in [1.29, 1.82) is 0 Å². The van der Waals surface area contributed by atoms with Crippen LogP contribution in [0.3, 0.4) is 0 Å². The minimum atomic E-state index is -0.299. The number of hydrogen-bond donors (Lipinski definition) is 0. The van der Waals surface area contributed by atoms with Gasteiger partial charge in [0, 0.05) is 0 Å². The molecule has 0 aliphatic heterocycles. The monoisotopic (exact) mass is 141 g/mol. The number of halogens is 1. The number of nitrogens with zero attached hydrogens (tertiary/aromatic N) is 1. The summed E-state index contributed by atoms with van der Waals surface area (Å²) in [6.45, 7) is 3.13. The molecule has 1 rings (SSSR count). The molecule has 0 aliphatic carbocycles. The quantitative estimate of drug-likeness (QED) is 0.392. The maximum atomic E-state index is 12.8. The summed E-state index contributed by atoms with van der Waals surface area (Å²) in [5.74, 6) is -0.299. The van der Waals surface area contributed by atoms with Gasteiger partial charge in [-0.2, -0.15) is 4.73 Å². The summed E-state index contributed by atoms with van der Waals surface area (Å²) >= 11 is 0. The van der Waals surface area contributed by atoms with Gasteiger partial charge in [0.1, 0.15) is 5.82 Å². The van der Waals surface area contributed by atoms with Gasteiger partial charge in [-0.15, -0.1) is 0 Å². The van der Waals surface area contributed by atoms with Crippen molar-refractivity contribution in [3.63, 3.8) is 0 Å². The third-order valence-corrected chi connectivity index (χ3v) is 1.33. The molecular weight excluding hydrogens is 133 g/mol. The van der Waals surface area contributed by atoms with Gasteiger partial charge in [-0.05, 0) is 13.8 Å². The van der Waals surface area contributed by atoms with Crippen LogP contribution in [0, 0.1) is 24.9 Å². The molecule has 0 fully saturated rings. The second kappa shape index (κ2) is 2.25. The van der Waals surface area contributed by atoms with Gasteiger partial charge in [-0.25, -0.2) is 4.39 Å². The van der Waals surface area contributed by atoms with E-state index < -0.39 is 0 Å². The Morgan fingerprint density at radius 2 is 1.70 bits per heavy atom. The lowest BCUT2D eigenvalue weighted by Crippen LogP contribution is -2.26. The van der Waals surface area contributed by atoms with Gasteiger partial charge in [-0.1, -0.05) is 0 Å². The Bertz CT molecular complexity index is 237. The van der Waals surface area contributed by atoms with Crippen LogP contribution in [0.4, 0.5) is 4.39 Å². The Hall–Kier alpha value is -1.12. The van der Waals surface area contributed by atoms with E-state index in [1.54, 1.807) is 13.8 Å². The zero-order valence-electron chi connectivity index (χ0n) is 5.89. The molecule has 3 heteroatoms. The van der Waals surface area contributed by atoms with Gasteiger partial charge in [0.05, 0.1) is 11.1 Å². The third-order valence-electron chi connectivity index (χ3n) is 1.33. The first-order valence-corrected chi connectivity index (χ1v) is 2.97. The standard InChI is InChI=1S/C7H8FNO/c1-5-3-9(10)4-6(2)7(5)8/h3-4H,1-2H3. The van der Waals surface area contributed by atoms with E-state index in [0.717, 1.165) is 0 Å². The van der Waals surface area contributed by atoms with Crippen LogP contribution in [0.25, 0.3) is 0 Å². The van der Waals surface area contributed by atoms with Gasteiger partial charge in [0.15, 0.2) is 12.4 Å². The van der Waals surface area contributed by atoms with Crippen molar-refractivity contribution in [3.05, 3.63) is 34.5 Å². The molecule has 0 aromatic carbocycles. The zero-order chi connectivity index (χ0) is 7.72. The lowest BCUT2D eigenvalue weighted by atomic mass is 10.2. The summed E-state index contributed by atoms with van der Waals surface area (Å²) < 4.78 is 13.4. The minimum Gasteiger partial charge on any atom is -0.619 e. The molecule has 0 N–H and O–H groups in total. The van der Waals surface area contributed by atoms with Crippen molar-refractivity contribution in [2.24, 2.45) is 0 Å². The molecule has 0 amide bonds. The van der Waals surface area contributed by atoms with Gasteiger partial charge in [-0.3, -0.25) is 0 Å². The second-order valence-electron chi connectivity index (χ2n) is 2.30. The average molecular weight is 141 g/mol. The molecule has 0 aliphatic rings. The first-order valence-electron chi connectivity index (χ1n) is 2.97. The number of rotatable bonds is 0. The molecule has 0 atom stereocenters. The molecule has 1 heterocycles. The van der Waals surface area contributed by atoms with E-state index in [1.165, 1.54) is 12.4 Å². The zero-order valence-corrected chi connectivity index (χ0v) is 5.89. The number of pyridine rings is 1. The SMILES string of the molecule is Cc1c[n+]([O-])cc(C)c1F. The Morgan fingerprint density at radius 3 is 2.10 bits per heavy atom. The molecule has 2 nitrogen and oxygen atoms in total. The molecule has 0 saturated carbocycles. The van der Waals surface area contributed by atoms with Crippen LogP contribution in [0.15, 0.2) is 12.4 Å². The van der Waals surface area contributed by atoms with Crippen LogP contribution < -0.4 is 4.73 Å². The van der Waals surface area contributed by atoms with Crippen LogP contribution in [-0.2, 0) is 0 Å². The Morgan fingerprint density at radius 1 is 1.30 bits per heavy atom. The predicted octanol–water partition coefficient (Wildman–Crippen LogP) is 1.08. The van der Waals surface area contributed by atoms with E-state index in [0.29, 0.717) is 15.9 Å². The van der Waals surface area contributed by atoms with Gasteiger partial charge in [0.2, 0.25) is 0 Å². The van der Waals surface area contributed by atoms with Crippen molar-refractivity contribution in [1.82, 2.24) is 0 Å². The van der Waals surface area contributed by atoms with Crippen LogP contribution in [0.5, 0.6) is 0 Å². The summed E-state index contributed by atoms with van der Waals surface area (Å²) in [6, 6.07) is 0. The number of hydrogen-bond acceptors (Lipinski definition) is 1. The molecule has 10 heavy (non-hydrogen) atoms. The summed E-state index contributed by atoms with van der Waals surface area (Å²) in [6.07, 6.45) is 2.42. The first kappa shape index (κ1) is 6.99. The fraction of sp³-hybridized carbons (Fsp3) is 0.286. The maximum Gasteiger partial charge on any atom is 0.186 e. The largest absolute Gasteiger partial charge is 0.619 e. The lowest BCUT2D eigenvalue weighted by molar-refractivity contribution is -0.606. The van der Waals surface area contributed by atoms with Crippen molar-refractivity contribution >= 4 is 0 Å². The topological polar surface area (TPSA) is 26.9 Å². The molecule has 0 unspecified atom stereocenters. The molecule has 0 saturated heterocycles. The second-order valence-corrected chi connectivity index (χ2v) is 2.30. The summed E-state index contributed by atoms with van der Waals surface area (Å²) in [5, 5.41) is 10.6. The Kier molecular flexibility index (Phi) is 1.57. The Balaban J connectivity index is 3.31. The van der Waals surface area contributed by atoms with E-state index in [4.69, 9.17) is 0 Å². The van der Waals surface area contributed by atoms with Gasteiger partial charge < -0.3 is 5.21 Å². The van der Waals surface area contributed by atoms with Gasteiger partial charge >= 0.3 is 0 Å². The highest BCUT2D eigenvalue weighted by Gasteiger charge is 2.05. The third kappa shape index (κ3) is 1.07. The van der Waals surface area contributed by atoms with Crippen molar-refractivity contribution in [2.75, 3.05) is 0 Å². The highest BCUT2D eigenvalue weighted by atomic mass is 19.1. The summed E-state index contributed by atoms with van der Waals surface area (Å²) in [7, 11) is 0. The van der Waals surface area contributed by atoms with E-state index >= 15 is 0 Å². The molecule has 1 aromatic heterocycles. The molecule has 54 valence electrons. The predicted molar refractivity (Wildman–Crippen MR) is 34.8 cm³/mol. The lowest BCUT2D eigenvalue weighted by Gasteiger charge is -2.00. The van der Waals surface area contributed by atoms with E-state index in [1.807, 2.05) is 0 Å². The highest BCUT2D eigenvalue weighted by Crippen LogP contribution is 2.06. The van der Waals surface area contributed by atoms with Gasteiger partial charge in [0.25, 0.3) is 0 Å². The first-order chi connectivity index (χ1) is 4.61. The van der Waals surface area contributed by atoms with E-state index in [2.05, 4.69) is 0 Å². The maximum absolute atomic E-state index is 12.8. The molecule has 0 radical (unpaired) electrons. The number of aromatic nitrogens is 1. The van der Waals surface area contributed by atoms with E-state index in [-0.39, 0.29) is 5.82 Å². The summed E-state index contributed by atoms with van der Waals surface area (Å²) in [4.78, 5) is 0. The van der Waals surface area contributed by atoms with Crippen LogP contribution in [-0.4, -0.2) is 0 Å². The van der Waals surface area contributed by atoms with Crippen LogP contribution in [0.2, 0.25) is 0 Å². The minimum absolute atomic E-state index is 0.299. The van der Waals surface area contributed by atoms with Crippen molar-refractivity contribution in [3.8, 4) is 0 Å².